The van der Waals surface area contributed by atoms with E-state index in [0.717, 1.165) is 33.3 Å². The first kappa shape index (κ1) is 14.2. The Hall–Kier alpha value is -3.44. The van der Waals surface area contributed by atoms with Crippen LogP contribution in [0.25, 0.3) is 33.3 Å². The van der Waals surface area contributed by atoms with Gasteiger partial charge >= 0.3 is 0 Å². The van der Waals surface area contributed by atoms with E-state index in [2.05, 4.69) is 30.3 Å². The SMILES string of the molecule is N#Cc1cccc(-c2cc(-c3ccccc3)c3ccccc3n2)c1. The lowest BCUT2D eigenvalue weighted by atomic mass is 9.98. The second-order valence-electron chi connectivity index (χ2n) is 5.63. The standard InChI is InChI=1S/C22H14N2/c23-15-16-7-6-10-18(13-16)22-14-20(17-8-2-1-3-9-17)19-11-4-5-12-21(19)24-22/h1-14H. The molecule has 3 aromatic carbocycles. The van der Waals surface area contributed by atoms with Crippen LogP contribution in [0.5, 0.6) is 0 Å². The molecule has 0 spiro atoms. The smallest absolute Gasteiger partial charge is 0.0991 e. The Morgan fingerprint density at radius 1 is 0.708 bits per heavy atom. The Labute approximate surface area is 140 Å². The first-order valence-electron chi connectivity index (χ1n) is 7.81. The summed E-state index contributed by atoms with van der Waals surface area (Å²) in [5.74, 6) is 0. The minimum atomic E-state index is 0.642. The van der Waals surface area contributed by atoms with Crippen molar-refractivity contribution in [2.24, 2.45) is 0 Å². The van der Waals surface area contributed by atoms with Gasteiger partial charge in [-0.3, -0.25) is 0 Å². The van der Waals surface area contributed by atoms with E-state index < -0.39 is 0 Å². The average Bonchev–Trinajstić information content (AvgIpc) is 2.68. The van der Waals surface area contributed by atoms with Crippen LogP contribution in [0.1, 0.15) is 5.56 Å². The van der Waals surface area contributed by atoms with Gasteiger partial charge in [0.05, 0.1) is 22.8 Å². The molecule has 0 amide bonds. The van der Waals surface area contributed by atoms with Crippen LogP contribution in [0.15, 0.2) is 84.9 Å². The fourth-order valence-electron chi connectivity index (χ4n) is 2.93. The lowest BCUT2D eigenvalue weighted by molar-refractivity contribution is 1.39. The summed E-state index contributed by atoms with van der Waals surface area (Å²) in [4.78, 5) is 4.80. The minimum Gasteiger partial charge on any atom is -0.248 e. The molecule has 0 atom stereocenters. The van der Waals surface area contributed by atoms with Gasteiger partial charge in [-0.2, -0.15) is 5.26 Å². The van der Waals surface area contributed by atoms with E-state index >= 15 is 0 Å². The van der Waals surface area contributed by atoms with Gasteiger partial charge in [0, 0.05) is 10.9 Å². The molecule has 0 saturated carbocycles. The summed E-state index contributed by atoms with van der Waals surface area (Å²) in [5.41, 5.74) is 5.74. The molecule has 0 N–H and O–H groups in total. The molecular formula is C22H14N2. The lowest BCUT2D eigenvalue weighted by Crippen LogP contribution is -1.90. The van der Waals surface area contributed by atoms with Crippen LogP contribution in [0.3, 0.4) is 0 Å². The van der Waals surface area contributed by atoms with Crippen LogP contribution in [-0.4, -0.2) is 4.98 Å². The first-order chi connectivity index (χ1) is 11.8. The van der Waals surface area contributed by atoms with Gasteiger partial charge in [-0.25, -0.2) is 4.98 Å². The van der Waals surface area contributed by atoms with Crippen molar-refractivity contribution >= 4 is 10.9 Å². The topological polar surface area (TPSA) is 36.7 Å². The van der Waals surface area contributed by atoms with Crippen LogP contribution >= 0.6 is 0 Å². The zero-order valence-electron chi connectivity index (χ0n) is 13.0. The molecule has 0 aliphatic rings. The molecule has 4 aromatic rings. The van der Waals surface area contributed by atoms with Crippen LogP contribution in [0.4, 0.5) is 0 Å². The first-order valence-corrected chi connectivity index (χ1v) is 7.81. The molecule has 1 aromatic heterocycles. The van der Waals surface area contributed by atoms with Crippen molar-refractivity contribution in [3.8, 4) is 28.5 Å². The molecule has 1 heterocycles. The molecule has 2 heteroatoms. The normalized spacial score (nSPS) is 10.5. The number of rotatable bonds is 2. The largest absolute Gasteiger partial charge is 0.248 e. The zero-order valence-corrected chi connectivity index (χ0v) is 13.0. The molecule has 24 heavy (non-hydrogen) atoms. The Bertz CT molecular complexity index is 1060. The number of pyridine rings is 1. The Morgan fingerprint density at radius 3 is 2.29 bits per heavy atom. The van der Waals surface area contributed by atoms with Gasteiger partial charge in [0.15, 0.2) is 0 Å². The van der Waals surface area contributed by atoms with Gasteiger partial charge in [-0.05, 0) is 35.4 Å². The van der Waals surface area contributed by atoms with E-state index in [4.69, 9.17) is 10.2 Å². The molecule has 2 nitrogen and oxygen atoms in total. The van der Waals surface area contributed by atoms with Gasteiger partial charge in [-0.1, -0.05) is 60.7 Å². The monoisotopic (exact) mass is 306 g/mol. The van der Waals surface area contributed by atoms with Gasteiger partial charge in [0.2, 0.25) is 0 Å². The lowest BCUT2D eigenvalue weighted by Gasteiger charge is -2.10. The highest BCUT2D eigenvalue weighted by molar-refractivity contribution is 5.96. The summed E-state index contributed by atoms with van der Waals surface area (Å²) in [6.07, 6.45) is 0. The third kappa shape index (κ3) is 2.53. The molecule has 0 radical (unpaired) electrons. The number of benzene rings is 3. The van der Waals surface area contributed by atoms with E-state index in [-0.39, 0.29) is 0 Å². The van der Waals surface area contributed by atoms with Crippen molar-refractivity contribution in [1.82, 2.24) is 4.98 Å². The summed E-state index contributed by atoms with van der Waals surface area (Å²) in [6.45, 7) is 0. The molecule has 0 bridgehead atoms. The number of fused-ring (bicyclic) bond motifs is 1. The maximum Gasteiger partial charge on any atom is 0.0991 e. The second-order valence-corrected chi connectivity index (χ2v) is 5.63. The predicted molar refractivity (Wildman–Crippen MR) is 97.3 cm³/mol. The van der Waals surface area contributed by atoms with Crippen molar-refractivity contribution in [1.29, 1.82) is 5.26 Å². The van der Waals surface area contributed by atoms with Crippen LogP contribution in [0.2, 0.25) is 0 Å². The minimum absolute atomic E-state index is 0.642. The molecule has 112 valence electrons. The van der Waals surface area contributed by atoms with E-state index in [0.29, 0.717) is 5.56 Å². The third-order valence-electron chi connectivity index (χ3n) is 4.09. The summed E-state index contributed by atoms with van der Waals surface area (Å²) in [5, 5.41) is 10.3. The number of nitrogens with zero attached hydrogens (tertiary/aromatic N) is 2. The van der Waals surface area contributed by atoms with E-state index in [1.807, 2.05) is 60.7 Å². The Kier molecular flexibility index (Phi) is 3.53. The van der Waals surface area contributed by atoms with E-state index in [1.54, 1.807) is 0 Å². The summed E-state index contributed by atoms with van der Waals surface area (Å²) >= 11 is 0. The van der Waals surface area contributed by atoms with Gasteiger partial charge < -0.3 is 0 Å². The summed E-state index contributed by atoms with van der Waals surface area (Å²) < 4.78 is 0. The molecular weight excluding hydrogens is 292 g/mol. The van der Waals surface area contributed by atoms with E-state index in [1.165, 1.54) is 0 Å². The molecule has 0 unspecified atom stereocenters. The van der Waals surface area contributed by atoms with Crippen molar-refractivity contribution in [3.63, 3.8) is 0 Å². The third-order valence-corrected chi connectivity index (χ3v) is 4.09. The predicted octanol–water partition coefficient (Wildman–Crippen LogP) is 5.44. The second kappa shape index (κ2) is 5.98. The fourth-order valence-corrected chi connectivity index (χ4v) is 2.93. The number of hydrogen-bond acceptors (Lipinski definition) is 2. The molecule has 0 aliphatic carbocycles. The molecule has 0 fully saturated rings. The fraction of sp³-hybridized carbons (Fsp3) is 0. The quantitative estimate of drug-likeness (QED) is 0.494. The molecule has 0 saturated heterocycles. The summed E-state index contributed by atoms with van der Waals surface area (Å²) in [6, 6.07) is 30.4. The van der Waals surface area contributed by atoms with Gasteiger partial charge in [-0.15, -0.1) is 0 Å². The van der Waals surface area contributed by atoms with Crippen molar-refractivity contribution < 1.29 is 0 Å². The van der Waals surface area contributed by atoms with Crippen molar-refractivity contribution in [3.05, 3.63) is 90.5 Å². The van der Waals surface area contributed by atoms with Crippen molar-refractivity contribution in [2.75, 3.05) is 0 Å². The van der Waals surface area contributed by atoms with Crippen molar-refractivity contribution in [2.45, 2.75) is 0 Å². The maximum absolute atomic E-state index is 9.14. The number of nitriles is 1. The highest BCUT2D eigenvalue weighted by Crippen LogP contribution is 2.32. The Morgan fingerprint density at radius 2 is 1.46 bits per heavy atom. The highest BCUT2D eigenvalue weighted by atomic mass is 14.7. The Balaban J connectivity index is 2.00. The van der Waals surface area contributed by atoms with Crippen LogP contribution < -0.4 is 0 Å². The van der Waals surface area contributed by atoms with Crippen LogP contribution in [0, 0.1) is 11.3 Å². The summed E-state index contributed by atoms with van der Waals surface area (Å²) in [7, 11) is 0. The average molecular weight is 306 g/mol. The molecule has 4 rings (SSSR count). The van der Waals surface area contributed by atoms with Gasteiger partial charge in [0.25, 0.3) is 0 Å². The maximum atomic E-state index is 9.14. The highest BCUT2D eigenvalue weighted by Gasteiger charge is 2.09. The zero-order chi connectivity index (χ0) is 16.4. The number of para-hydroxylation sites is 1. The number of hydrogen-bond donors (Lipinski definition) is 0. The van der Waals surface area contributed by atoms with Gasteiger partial charge in [0.1, 0.15) is 0 Å². The van der Waals surface area contributed by atoms with E-state index in [9.17, 15) is 0 Å². The number of aromatic nitrogens is 1. The van der Waals surface area contributed by atoms with Crippen LogP contribution in [-0.2, 0) is 0 Å². The molecule has 0 aliphatic heterocycles.